The SMILES string of the molecule is COC1CCN(c2cncc(N)c2)CC1. The maximum atomic E-state index is 5.70. The molecule has 1 aromatic heterocycles. The van der Waals surface area contributed by atoms with E-state index in [9.17, 15) is 0 Å². The van der Waals surface area contributed by atoms with Gasteiger partial charge in [0.25, 0.3) is 0 Å². The third-order valence-corrected chi connectivity index (χ3v) is 2.89. The van der Waals surface area contributed by atoms with Gasteiger partial charge in [0.1, 0.15) is 0 Å². The molecule has 0 aromatic carbocycles. The molecule has 1 fully saturated rings. The molecule has 0 radical (unpaired) electrons. The molecular formula is C11H17N3O. The molecule has 1 aliphatic heterocycles. The minimum atomic E-state index is 0.412. The molecule has 1 aliphatic rings. The first-order chi connectivity index (χ1) is 7.29. The predicted molar refractivity (Wildman–Crippen MR) is 60.9 cm³/mol. The van der Waals surface area contributed by atoms with Gasteiger partial charge in [-0.25, -0.2) is 0 Å². The van der Waals surface area contributed by atoms with E-state index in [1.54, 1.807) is 13.3 Å². The molecular weight excluding hydrogens is 190 g/mol. The van der Waals surface area contributed by atoms with Crippen molar-refractivity contribution in [2.75, 3.05) is 30.8 Å². The van der Waals surface area contributed by atoms with E-state index in [2.05, 4.69) is 9.88 Å². The molecule has 1 saturated heterocycles. The second-order valence-corrected chi connectivity index (χ2v) is 3.90. The molecule has 2 N–H and O–H groups in total. The van der Waals surface area contributed by atoms with E-state index in [0.717, 1.165) is 37.3 Å². The minimum absolute atomic E-state index is 0.412. The summed E-state index contributed by atoms with van der Waals surface area (Å²) in [5.41, 5.74) is 7.54. The second kappa shape index (κ2) is 4.49. The quantitative estimate of drug-likeness (QED) is 0.793. The van der Waals surface area contributed by atoms with Gasteiger partial charge in [0.15, 0.2) is 0 Å². The Kier molecular flexibility index (Phi) is 3.06. The van der Waals surface area contributed by atoms with Crippen molar-refractivity contribution >= 4 is 11.4 Å². The summed E-state index contributed by atoms with van der Waals surface area (Å²) in [5.74, 6) is 0. The lowest BCUT2D eigenvalue weighted by molar-refractivity contribution is 0.0819. The topological polar surface area (TPSA) is 51.4 Å². The third kappa shape index (κ3) is 2.39. The van der Waals surface area contributed by atoms with Gasteiger partial charge in [-0.1, -0.05) is 0 Å². The maximum Gasteiger partial charge on any atom is 0.0605 e. The molecule has 1 aromatic rings. The summed E-state index contributed by atoms with van der Waals surface area (Å²) in [6.45, 7) is 2.04. The molecule has 0 aliphatic carbocycles. The Morgan fingerprint density at radius 3 is 2.73 bits per heavy atom. The zero-order valence-corrected chi connectivity index (χ0v) is 9.02. The Balaban J connectivity index is 2.01. The molecule has 82 valence electrons. The van der Waals surface area contributed by atoms with Crippen LogP contribution in [0.1, 0.15) is 12.8 Å². The number of aromatic nitrogens is 1. The van der Waals surface area contributed by atoms with Gasteiger partial charge in [-0.15, -0.1) is 0 Å². The van der Waals surface area contributed by atoms with Crippen molar-refractivity contribution in [2.24, 2.45) is 0 Å². The lowest BCUT2D eigenvalue weighted by Gasteiger charge is -2.32. The lowest BCUT2D eigenvalue weighted by Crippen LogP contribution is -2.36. The fourth-order valence-electron chi connectivity index (χ4n) is 1.97. The summed E-state index contributed by atoms with van der Waals surface area (Å²) in [6.07, 6.45) is 6.10. The number of ether oxygens (including phenoxy) is 1. The molecule has 0 unspecified atom stereocenters. The van der Waals surface area contributed by atoms with E-state index in [4.69, 9.17) is 10.5 Å². The number of piperidine rings is 1. The molecule has 0 bridgehead atoms. The van der Waals surface area contributed by atoms with Gasteiger partial charge in [-0.3, -0.25) is 4.98 Å². The van der Waals surface area contributed by atoms with Crippen molar-refractivity contribution in [1.82, 2.24) is 4.98 Å². The number of rotatable bonds is 2. The van der Waals surface area contributed by atoms with Crippen LogP contribution in [-0.2, 0) is 4.74 Å². The van der Waals surface area contributed by atoms with Crippen molar-refractivity contribution in [3.63, 3.8) is 0 Å². The molecule has 2 rings (SSSR count). The predicted octanol–water partition coefficient (Wildman–Crippen LogP) is 1.28. The highest BCUT2D eigenvalue weighted by atomic mass is 16.5. The maximum absolute atomic E-state index is 5.70. The molecule has 2 heterocycles. The summed E-state index contributed by atoms with van der Waals surface area (Å²) in [6, 6.07) is 1.97. The number of anilines is 2. The van der Waals surface area contributed by atoms with Gasteiger partial charge in [0.2, 0.25) is 0 Å². The second-order valence-electron chi connectivity index (χ2n) is 3.90. The smallest absolute Gasteiger partial charge is 0.0605 e. The van der Waals surface area contributed by atoms with Crippen molar-refractivity contribution in [1.29, 1.82) is 0 Å². The largest absolute Gasteiger partial charge is 0.397 e. The van der Waals surface area contributed by atoms with Crippen LogP contribution in [0.3, 0.4) is 0 Å². The number of nitrogens with zero attached hydrogens (tertiary/aromatic N) is 2. The Bertz CT molecular complexity index is 321. The monoisotopic (exact) mass is 207 g/mol. The van der Waals surface area contributed by atoms with Crippen molar-refractivity contribution in [2.45, 2.75) is 18.9 Å². The van der Waals surface area contributed by atoms with Crippen LogP contribution in [0.2, 0.25) is 0 Å². The van der Waals surface area contributed by atoms with Crippen LogP contribution in [0, 0.1) is 0 Å². The van der Waals surface area contributed by atoms with Crippen molar-refractivity contribution < 1.29 is 4.74 Å². The highest BCUT2D eigenvalue weighted by Crippen LogP contribution is 2.21. The van der Waals surface area contributed by atoms with E-state index in [1.807, 2.05) is 12.3 Å². The van der Waals surface area contributed by atoms with Gasteiger partial charge < -0.3 is 15.4 Å². The number of methoxy groups -OCH3 is 1. The summed E-state index contributed by atoms with van der Waals surface area (Å²) < 4.78 is 5.33. The summed E-state index contributed by atoms with van der Waals surface area (Å²) in [7, 11) is 1.78. The molecule has 0 saturated carbocycles. The zero-order chi connectivity index (χ0) is 10.7. The summed E-state index contributed by atoms with van der Waals surface area (Å²) in [4.78, 5) is 6.41. The standard InChI is InChI=1S/C11H17N3O/c1-15-11-2-4-14(5-3-11)10-6-9(12)7-13-8-10/h6-8,11H,2-5,12H2,1H3. The van der Waals surface area contributed by atoms with Gasteiger partial charge in [-0.05, 0) is 18.9 Å². The van der Waals surface area contributed by atoms with Gasteiger partial charge in [0, 0.05) is 26.4 Å². The number of pyridine rings is 1. The molecule has 4 heteroatoms. The van der Waals surface area contributed by atoms with Crippen molar-refractivity contribution in [3.8, 4) is 0 Å². The van der Waals surface area contributed by atoms with Crippen LogP contribution < -0.4 is 10.6 Å². The Labute approximate surface area is 90.0 Å². The molecule has 0 amide bonds. The van der Waals surface area contributed by atoms with Crippen LogP contribution in [-0.4, -0.2) is 31.3 Å². The number of nitrogens with two attached hydrogens (primary N) is 1. The highest BCUT2D eigenvalue weighted by molar-refractivity contribution is 5.53. The Hall–Kier alpha value is -1.29. The normalized spacial score (nSPS) is 18.1. The van der Waals surface area contributed by atoms with E-state index >= 15 is 0 Å². The van der Waals surface area contributed by atoms with Crippen LogP contribution in [0.4, 0.5) is 11.4 Å². The van der Waals surface area contributed by atoms with Crippen LogP contribution in [0.15, 0.2) is 18.5 Å². The Morgan fingerprint density at radius 1 is 1.40 bits per heavy atom. The summed E-state index contributed by atoms with van der Waals surface area (Å²) >= 11 is 0. The Morgan fingerprint density at radius 2 is 2.13 bits per heavy atom. The number of hydrogen-bond donors (Lipinski definition) is 1. The van der Waals surface area contributed by atoms with E-state index in [0.29, 0.717) is 6.10 Å². The zero-order valence-electron chi connectivity index (χ0n) is 9.02. The van der Waals surface area contributed by atoms with Gasteiger partial charge >= 0.3 is 0 Å². The van der Waals surface area contributed by atoms with E-state index in [1.165, 1.54) is 0 Å². The number of nitrogen functional groups attached to an aromatic ring is 1. The average molecular weight is 207 g/mol. The van der Waals surface area contributed by atoms with Crippen LogP contribution >= 0.6 is 0 Å². The van der Waals surface area contributed by atoms with E-state index in [-0.39, 0.29) is 0 Å². The molecule has 0 atom stereocenters. The fourth-order valence-corrected chi connectivity index (χ4v) is 1.97. The van der Waals surface area contributed by atoms with E-state index < -0.39 is 0 Å². The molecule has 15 heavy (non-hydrogen) atoms. The summed E-state index contributed by atoms with van der Waals surface area (Å²) in [5, 5.41) is 0. The highest BCUT2D eigenvalue weighted by Gasteiger charge is 2.18. The minimum Gasteiger partial charge on any atom is -0.397 e. The first kappa shape index (κ1) is 10.2. The third-order valence-electron chi connectivity index (χ3n) is 2.89. The number of hydrogen-bond acceptors (Lipinski definition) is 4. The van der Waals surface area contributed by atoms with Gasteiger partial charge in [0.05, 0.1) is 23.7 Å². The first-order valence-electron chi connectivity index (χ1n) is 5.28. The fraction of sp³-hybridized carbons (Fsp3) is 0.545. The molecule has 0 spiro atoms. The average Bonchev–Trinajstić information content (AvgIpc) is 2.29. The van der Waals surface area contributed by atoms with Crippen molar-refractivity contribution in [3.05, 3.63) is 18.5 Å². The van der Waals surface area contributed by atoms with Crippen LogP contribution in [0.25, 0.3) is 0 Å². The molecule has 4 nitrogen and oxygen atoms in total. The first-order valence-corrected chi connectivity index (χ1v) is 5.28. The van der Waals surface area contributed by atoms with Gasteiger partial charge in [-0.2, -0.15) is 0 Å². The lowest BCUT2D eigenvalue weighted by atomic mass is 10.1. The van der Waals surface area contributed by atoms with Crippen LogP contribution in [0.5, 0.6) is 0 Å².